The lowest BCUT2D eigenvalue weighted by Gasteiger charge is -2.20. The summed E-state index contributed by atoms with van der Waals surface area (Å²) in [5.74, 6) is -0.740. The molecule has 1 saturated carbocycles. The lowest BCUT2D eigenvalue weighted by Crippen LogP contribution is -2.37. The standard InChI is InChI=1S/C21H24FN3O3/c22-16-4-3-15-5-10-24(17(15)13-16)12-9-23-18(26)6-11-25-19(27)14-21(20(25)28)7-1-2-8-21/h3-5,10,13H,1-2,6-9,11-12,14H2,(H,23,26). The average Bonchev–Trinajstić information content (AvgIpc) is 3.34. The number of imide groups is 1. The summed E-state index contributed by atoms with van der Waals surface area (Å²) >= 11 is 0. The second-order valence-corrected chi connectivity index (χ2v) is 7.83. The number of aromatic nitrogens is 1. The molecule has 1 aromatic heterocycles. The van der Waals surface area contributed by atoms with Crippen molar-refractivity contribution >= 4 is 28.6 Å². The number of carbonyl (C=O) groups excluding carboxylic acids is 3. The Morgan fingerprint density at radius 3 is 2.71 bits per heavy atom. The number of amides is 3. The highest BCUT2D eigenvalue weighted by atomic mass is 19.1. The van der Waals surface area contributed by atoms with Crippen molar-refractivity contribution in [2.75, 3.05) is 13.1 Å². The molecule has 3 amide bonds. The van der Waals surface area contributed by atoms with Crippen molar-refractivity contribution in [1.29, 1.82) is 0 Å². The Morgan fingerprint density at radius 2 is 1.93 bits per heavy atom. The number of rotatable bonds is 6. The van der Waals surface area contributed by atoms with Gasteiger partial charge in [-0.05, 0) is 42.5 Å². The first-order chi connectivity index (χ1) is 13.5. The fourth-order valence-corrected chi connectivity index (χ4v) is 4.50. The monoisotopic (exact) mass is 385 g/mol. The third-order valence-electron chi connectivity index (χ3n) is 6.02. The first-order valence-electron chi connectivity index (χ1n) is 9.84. The van der Waals surface area contributed by atoms with Gasteiger partial charge in [-0.1, -0.05) is 12.8 Å². The highest BCUT2D eigenvalue weighted by molar-refractivity contribution is 6.06. The molecule has 7 heteroatoms. The van der Waals surface area contributed by atoms with E-state index < -0.39 is 5.41 Å². The van der Waals surface area contributed by atoms with Crippen molar-refractivity contribution in [3.63, 3.8) is 0 Å². The average molecular weight is 385 g/mol. The molecule has 1 aliphatic carbocycles. The minimum atomic E-state index is -0.488. The van der Waals surface area contributed by atoms with Gasteiger partial charge in [0.25, 0.3) is 0 Å². The van der Waals surface area contributed by atoms with Gasteiger partial charge in [0.1, 0.15) is 5.82 Å². The zero-order chi connectivity index (χ0) is 19.7. The number of hydrogen-bond acceptors (Lipinski definition) is 3. The number of likely N-dealkylation sites (tertiary alicyclic amines) is 1. The lowest BCUT2D eigenvalue weighted by molar-refractivity contribution is -0.141. The van der Waals surface area contributed by atoms with Crippen LogP contribution >= 0.6 is 0 Å². The molecule has 4 rings (SSSR count). The molecule has 2 aliphatic rings. The Hall–Kier alpha value is -2.70. The van der Waals surface area contributed by atoms with Gasteiger partial charge in [-0.2, -0.15) is 0 Å². The van der Waals surface area contributed by atoms with Gasteiger partial charge < -0.3 is 9.88 Å². The third kappa shape index (κ3) is 3.41. The Kier molecular flexibility index (Phi) is 4.91. The fraction of sp³-hybridized carbons (Fsp3) is 0.476. The van der Waals surface area contributed by atoms with Crippen molar-refractivity contribution < 1.29 is 18.8 Å². The van der Waals surface area contributed by atoms with E-state index >= 15 is 0 Å². The van der Waals surface area contributed by atoms with Crippen LogP contribution in [0.5, 0.6) is 0 Å². The van der Waals surface area contributed by atoms with Crippen LogP contribution < -0.4 is 5.32 Å². The van der Waals surface area contributed by atoms with Crippen LogP contribution in [-0.4, -0.2) is 40.3 Å². The summed E-state index contributed by atoms with van der Waals surface area (Å²) in [7, 11) is 0. The minimum absolute atomic E-state index is 0.0939. The van der Waals surface area contributed by atoms with Crippen LogP contribution in [-0.2, 0) is 20.9 Å². The van der Waals surface area contributed by atoms with Crippen LogP contribution in [0.25, 0.3) is 10.9 Å². The third-order valence-corrected chi connectivity index (χ3v) is 6.02. The molecular formula is C21H24FN3O3. The molecule has 28 heavy (non-hydrogen) atoms. The van der Waals surface area contributed by atoms with Gasteiger partial charge in [0.05, 0.1) is 10.9 Å². The molecule has 1 N–H and O–H groups in total. The molecule has 0 atom stereocenters. The number of carbonyl (C=O) groups is 3. The van der Waals surface area contributed by atoms with Gasteiger partial charge in [-0.25, -0.2) is 4.39 Å². The largest absolute Gasteiger partial charge is 0.354 e. The van der Waals surface area contributed by atoms with Gasteiger partial charge in [-0.3, -0.25) is 19.3 Å². The maximum absolute atomic E-state index is 13.4. The second kappa shape index (κ2) is 7.37. The van der Waals surface area contributed by atoms with E-state index in [4.69, 9.17) is 0 Å². The summed E-state index contributed by atoms with van der Waals surface area (Å²) in [6, 6.07) is 6.52. The minimum Gasteiger partial charge on any atom is -0.354 e. The molecule has 2 heterocycles. The number of fused-ring (bicyclic) bond motifs is 1. The Labute approximate surface area is 162 Å². The van der Waals surface area contributed by atoms with Gasteiger partial charge in [0, 0.05) is 38.7 Å². The molecule has 0 radical (unpaired) electrons. The molecular weight excluding hydrogens is 361 g/mol. The summed E-state index contributed by atoms with van der Waals surface area (Å²) in [5.41, 5.74) is 0.294. The molecule has 1 spiro atoms. The summed E-state index contributed by atoms with van der Waals surface area (Å²) in [6.07, 6.45) is 5.81. The van der Waals surface area contributed by atoms with Crippen molar-refractivity contribution in [2.45, 2.75) is 45.1 Å². The van der Waals surface area contributed by atoms with Crippen LogP contribution in [0.2, 0.25) is 0 Å². The first-order valence-corrected chi connectivity index (χ1v) is 9.84. The quantitative estimate of drug-likeness (QED) is 0.777. The van der Waals surface area contributed by atoms with E-state index in [0.29, 0.717) is 19.5 Å². The predicted molar refractivity (Wildman–Crippen MR) is 102 cm³/mol. The van der Waals surface area contributed by atoms with E-state index in [1.807, 2.05) is 16.8 Å². The van der Waals surface area contributed by atoms with Crippen LogP contribution in [0.15, 0.2) is 30.5 Å². The van der Waals surface area contributed by atoms with Crippen molar-refractivity contribution in [1.82, 2.24) is 14.8 Å². The molecule has 2 fully saturated rings. The van der Waals surface area contributed by atoms with Crippen molar-refractivity contribution in [3.8, 4) is 0 Å². The summed E-state index contributed by atoms with van der Waals surface area (Å²) < 4.78 is 15.3. The van der Waals surface area contributed by atoms with E-state index in [-0.39, 0.29) is 36.5 Å². The second-order valence-electron chi connectivity index (χ2n) is 7.83. The highest BCUT2D eigenvalue weighted by Gasteiger charge is 2.52. The van der Waals surface area contributed by atoms with Crippen molar-refractivity contribution in [2.24, 2.45) is 5.41 Å². The van der Waals surface area contributed by atoms with Gasteiger partial charge >= 0.3 is 0 Å². The van der Waals surface area contributed by atoms with Gasteiger partial charge in [-0.15, -0.1) is 0 Å². The predicted octanol–water partition coefficient (Wildman–Crippen LogP) is 2.61. The molecule has 1 aromatic carbocycles. The molecule has 0 bridgehead atoms. The molecule has 2 aromatic rings. The topological polar surface area (TPSA) is 71.4 Å². The molecule has 1 saturated heterocycles. The Bertz CT molecular complexity index is 930. The fourth-order valence-electron chi connectivity index (χ4n) is 4.50. The maximum atomic E-state index is 13.4. The molecule has 6 nitrogen and oxygen atoms in total. The van der Waals surface area contributed by atoms with Gasteiger partial charge in [0.15, 0.2) is 0 Å². The normalized spacial score (nSPS) is 18.5. The smallest absolute Gasteiger partial charge is 0.235 e. The zero-order valence-electron chi connectivity index (χ0n) is 15.7. The summed E-state index contributed by atoms with van der Waals surface area (Å²) in [6.45, 7) is 1.05. The Balaban J connectivity index is 1.26. The molecule has 1 aliphatic heterocycles. The number of hydrogen-bond donors (Lipinski definition) is 1. The van der Waals surface area contributed by atoms with Crippen LogP contribution in [0.1, 0.15) is 38.5 Å². The van der Waals surface area contributed by atoms with E-state index in [1.54, 1.807) is 6.07 Å². The summed E-state index contributed by atoms with van der Waals surface area (Å²) in [4.78, 5) is 38.2. The number of halogens is 1. The maximum Gasteiger partial charge on any atom is 0.235 e. The number of benzene rings is 1. The van der Waals surface area contributed by atoms with Crippen LogP contribution in [0.3, 0.4) is 0 Å². The molecule has 148 valence electrons. The van der Waals surface area contributed by atoms with Crippen LogP contribution in [0.4, 0.5) is 4.39 Å². The Morgan fingerprint density at radius 1 is 1.14 bits per heavy atom. The summed E-state index contributed by atoms with van der Waals surface area (Å²) in [5, 5.41) is 3.76. The highest BCUT2D eigenvalue weighted by Crippen LogP contribution is 2.46. The van der Waals surface area contributed by atoms with E-state index in [1.165, 1.54) is 17.0 Å². The molecule has 0 unspecified atom stereocenters. The van der Waals surface area contributed by atoms with Crippen LogP contribution in [0, 0.1) is 11.2 Å². The van der Waals surface area contributed by atoms with Crippen molar-refractivity contribution in [3.05, 3.63) is 36.3 Å². The number of nitrogens with zero attached hydrogens (tertiary/aromatic N) is 2. The van der Waals surface area contributed by atoms with Gasteiger partial charge in [0.2, 0.25) is 17.7 Å². The van der Waals surface area contributed by atoms with E-state index in [9.17, 15) is 18.8 Å². The zero-order valence-corrected chi connectivity index (χ0v) is 15.7. The lowest BCUT2D eigenvalue weighted by atomic mass is 9.84. The number of nitrogens with one attached hydrogen (secondary N) is 1. The van der Waals surface area contributed by atoms with E-state index in [0.717, 1.165) is 36.6 Å². The SMILES string of the molecule is O=C(CCN1C(=O)CC2(CCCC2)C1=O)NCCn1ccc2ccc(F)cc21. The van der Waals surface area contributed by atoms with E-state index in [2.05, 4.69) is 5.32 Å². The first kappa shape index (κ1) is 18.7.